The predicted molar refractivity (Wildman–Crippen MR) is 102 cm³/mol. The molecule has 140 valence electrons. The lowest BCUT2D eigenvalue weighted by molar-refractivity contribution is -0.121. The van der Waals surface area contributed by atoms with E-state index in [4.69, 9.17) is 15.0 Å². The van der Waals surface area contributed by atoms with Crippen LogP contribution in [0.1, 0.15) is 23.0 Å². The smallest absolute Gasteiger partial charge is 0.163 e. The number of benzene rings is 2. The van der Waals surface area contributed by atoms with Gasteiger partial charge in [0.2, 0.25) is 0 Å². The first-order valence-corrected chi connectivity index (χ1v) is 7.76. The molecule has 0 heterocycles. The number of hydrogen-bond acceptors (Lipinski definition) is 6. The van der Waals surface area contributed by atoms with Crippen molar-refractivity contribution in [3.05, 3.63) is 59.6 Å². The van der Waals surface area contributed by atoms with Crippen molar-refractivity contribution in [2.24, 2.45) is 0 Å². The van der Waals surface area contributed by atoms with Gasteiger partial charge in [-0.25, -0.2) is 0 Å². The highest BCUT2D eigenvalue weighted by molar-refractivity contribution is 6.10. The summed E-state index contributed by atoms with van der Waals surface area (Å²) in [4.78, 5) is 24.6. The molecule has 27 heavy (non-hydrogen) atoms. The molecule has 0 saturated heterocycles. The molecule has 2 rings (SSSR count). The van der Waals surface area contributed by atoms with Gasteiger partial charge in [-0.2, -0.15) is 0 Å². The Balaban J connectivity index is 2.26. The van der Waals surface area contributed by atoms with Crippen molar-refractivity contribution < 1.29 is 34.8 Å². The minimum absolute atomic E-state index is 0.0538. The van der Waals surface area contributed by atoms with Crippen molar-refractivity contribution in [1.29, 1.82) is 0 Å². The molecule has 2 N–H and O–H groups in total. The molecule has 0 amide bonds. The quantitative estimate of drug-likeness (QED) is 0.545. The first kappa shape index (κ1) is 14.6. The number of carbonyl (C=O) groups excluding carboxylic acids is 2. The lowest BCUT2D eigenvalue weighted by atomic mass is 10.1. The van der Waals surface area contributed by atoms with Crippen LogP contribution in [0.25, 0.3) is 12.1 Å². The molecule has 2 aromatic rings. The van der Waals surface area contributed by atoms with Crippen LogP contribution in [0.2, 0.25) is 0 Å². The molecule has 0 unspecified atom stereocenters. The summed E-state index contributed by atoms with van der Waals surface area (Å²) in [7, 11) is 2.61. The minimum Gasteiger partial charge on any atom is -0.504 e. The Labute approximate surface area is 162 Å². The maximum atomic E-state index is 12.3. The molecule has 2 aromatic carbocycles. The highest BCUT2D eigenvalue weighted by atomic mass is 16.5. The van der Waals surface area contributed by atoms with Crippen LogP contribution in [0.4, 0.5) is 0 Å². The standard InChI is InChI=1S/C21H20O6/c1-26-20-11-14(5-9-18(20)24)3-7-16(22)13-17(23)8-4-15-6-10-19(25)21(12-15)27-2/h3-12,24-25H,13H2,1-2H3/b7-3+,8-4+/i3D,4D,7D,8D. The normalized spacial score (nSPS) is 14.6. The fraction of sp³-hybridized carbons (Fsp3) is 0.143. The highest BCUT2D eigenvalue weighted by Crippen LogP contribution is 2.27. The van der Waals surface area contributed by atoms with E-state index in [1.807, 2.05) is 0 Å². The van der Waals surface area contributed by atoms with Crippen LogP contribution in [-0.4, -0.2) is 36.0 Å². The van der Waals surface area contributed by atoms with Gasteiger partial charge in [-0.15, -0.1) is 0 Å². The van der Waals surface area contributed by atoms with E-state index in [-0.39, 0.29) is 34.1 Å². The fourth-order valence-electron chi connectivity index (χ4n) is 2.03. The average molecular weight is 372 g/mol. The van der Waals surface area contributed by atoms with Gasteiger partial charge in [-0.3, -0.25) is 9.59 Å². The van der Waals surface area contributed by atoms with Gasteiger partial charge in [-0.1, -0.05) is 24.2 Å². The van der Waals surface area contributed by atoms with E-state index in [1.54, 1.807) is 0 Å². The van der Waals surface area contributed by atoms with Crippen LogP contribution >= 0.6 is 0 Å². The van der Waals surface area contributed by atoms with Gasteiger partial charge < -0.3 is 19.7 Å². The molecule has 6 heteroatoms. The molecular formula is C21H20O6. The minimum atomic E-state index is -0.997. The molecule has 6 nitrogen and oxygen atoms in total. The van der Waals surface area contributed by atoms with E-state index >= 15 is 0 Å². The van der Waals surface area contributed by atoms with E-state index in [0.29, 0.717) is 0 Å². The Hall–Kier alpha value is -3.54. The number of allylic oxidation sites excluding steroid dienone is 2. The second-order valence-corrected chi connectivity index (χ2v) is 5.30. The highest BCUT2D eigenvalue weighted by Gasteiger charge is 2.06. The molecule has 0 radical (unpaired) electrons. The number of ether oxygens (including phenoxy) is 2. The number of phenolic OH excluding ortho intramolecular Hbond substituents is 2. The van der Waals surface area contributed by atoms with E-state index in [0.717, 1.165) is 0 Å². The molecule has 0 atom stereocenters. The Kier molecular flexibility index (Phi) is 5.00. The van der Waals surface area contributed by atoms with Crippen LogP contribution in [0.3, 0.4) is 0 Å². The van der Waals surface area contributed by atoms with Gasteiger partial charge in [0.05, 0.1) is 26.1 Å². The topological polar surface area (TPSA) is 93.1 Å². The van der Waals surface area contributed by atoms with Crippen LogP contribution in [0.5, 0.6) is 23.0 Å². The molecule has 0 aliphatic carbocycles. The predicted octanol–water partition coefficient (Wildman–Crippen LogP) is 3.37. The first-order valence-electron chi connectivity index (χ1n) is 9.76. The Bertz CT molecular complexity index is 1010. The van der Waals surface area contributed by atoms with Crippen molar-refractivity contribution in [2.45, 2.75) is 6.42 Å². The van der Waals surface area contributed by atoms with Gasteiger partial charge in [-0.05, 0) is 47.5 Å². The van der Waals surface area contributed by atoms with Gasteiger partial charge >= 0.3 is 0 Å². The fourth-order valence-corrected chi connectivity index (χ4v) is 2.03. The van der Waals surface area contributed by atoms with Gasteiger partial charge in [0, 0.05) is 0 Å². The second kappa shape index (κ2) is 9.24. The van der Waals surface area contributed by atoms with E-state index in [2.05, 4.69) is 0 Å². The first-order chi connectivity index (χ1) is 14.6. The van der Waals surface area contributed by atoms with Crippen molar-refractivity contribution in [3.8, 4) is 23.0 Å². The summed E-state index contributed by atoms with van der Waals surface area (Å²) in [5.74, 6) is -2.24. The molecule has 0 saturated carbocycles. The van der Waals surface area contributed by atoms with E-state index in [1.165, 1.54) is 50.6 Å². The Morgan fingerprint density at radius 1 is 0.889 bits per heavy atom. The summed E-state index contributed by atoms with van der Waals surface area (Å²) in [5, 5.41) is 19.2. The zero-order chi connectivity index (χ0) is 23.3. The third kappa shape index (κ3) is 5.74. The van der Waals surface area contributed by atoms with Gasteiger partial charge in [0.15, 0.2) is 34.6 Å². The largest absolute Gasteiger partial charge is 0.504 e. The summed E-state index contributed by atoms with van der Waals surface area (Å²) in [5.41, 5.74) is 0.249. The Morgan fingerprint density at radius 3 is 1.67 bits per heavy atom. The second-order valence-electron chi connectivity index (χ2n) is 5.30. The van der Waals surface area contributed by atoms with Crippen LogP contribution in [0.15, 0.2) is 48.5 Å². The molecule has 0 spiro atoms. The summed E-state index contributed by atoms with van der Waals surface area (Å²) < 4.78 is 41.7. The number of phenols is 2. The molecule has 0 bridgehead atoms. The van der Waals surface area contributed by atoms with Crippen LogP contribution in [-0.2, 0) is 9.59 Å². The maximum absolute atomic E-state index is 12.3. The van der Waals surface area contributed by atoms with Gasteiger partial charge in [0.1, 0.15) is 0 Å². The number of rotatable bonds is 8. The molecular weight excluding hydrogens is 348 g/mol. The molecule has 0 aliphatic heterocycles. The van der Waals surface area contributed by atoms with Crippen LogP contribution in [0, 0.1) is 0 Å². The van der Waals surface area contributed by atoms with Crippen molar-refractivity contribution >= 4 is 23.7 Å². The maximum Gasteiger partial charge on any atom is 0.163 e. The monoisotopic (exact) mass is 372 g/mol. The summed E-state index contributed by atoms with van der Waals surface area (Å²) >= 11 is 0. The SMILES string of the molecule is [2H]/C(C(=O)CC(=O)/C([2H])=C(\[2H])c1ccc(O)c(OC)c1)=C(/[2H])c1ccc(O)c(OC)c1. The van der Waals surface area contributed by atoms with Crippen molar-refractivity contribution in [1.82, 2.24) is 0 Å². The zero-order valence-corrected chi connectivity index (χ0v) is 14.7. The van der Waals surface area contributed by atoms with Crippen molar-refractivity contribution in [2.75, 3.05) is 14.2 Å². The number of carbonyl (C=O) groups is 2. The summed E-state index contributed by atoms with van der Waals surface area (Å²) in [6.45, 7) is 0. The van der Waals surface area contributed by atoms with E-state index in [9.17, 15) is 19.8 Å². The van der Waals surface area contributed by atoms with Gasteiger partial charge in [0.25, 0.3) is 0 Å². The van der Waals surface area contributed by atoms with Crippen LogP contribution < -0.4 is 9.47 Å². The summed E-state index contributed by atoms with van der Waals surface area (Å²) in [6.07, 6.45) is -0.868. The van der Waals surface area contributed by atoms with Crippen molar-refractivity contribution in [3.63, 3.8) is 0 Å². The number of methoxy groups -OCH3 is 2. The number of hydrogen-bond donors (Lipinski definition) is 2. The number of aromatic hydroxyl groups is 2. The molecule has 0 aromatic heterocycles. The average Bonchev–Trinajstić information content (AvgIpc) is 2.77. The summed E-state index contributed by atoms with van der Waals surface area (Å²) in [6, 6.07) is 5.19. The molecule has 0 fully saturated rings. The number of ketones is 2. The molecule has 0 aliphatic rings. The third-order valence-corrected chi connectivity index (χ3v) is 3.37. The lowest BCUT2D eigenvalue weighted by Gasteiger charge is -2.03. The zero-order valence-electron chi connectivity index (χ0n) is 18.7. The Morgan fingerprint density at radius 2 is 1.30 bits per heavy atom. The van der Waals surface area contributed by atoms with E-state index < -0.39 is 42.2 Å². The lowest BCUT2D eigenvalue weighted by Crippen LogP contribution is -2.01. The third-order valence-electron chi connectivity index (χ3n) is 3.37.